The van der Waals surface area contributed by atoms with Gasteiger partial charge in [0.2, 0.25) is 0 Å². The number of carbonyl (C=O) groups is 1. The van der Waals surface area contributed by atoms with Crippen molar-refractivity contribution in [2.24, 2.45) is 5.92 Å². The van der Waals surface area contributed by atoms with Crippen LogP contribution in [-0.2, 0) is 16.0 Å². The summed E-state index contributed by atoms with van der Waals surface area (Å²) in [6, 6.07) is 10.2. The Morgan fingerprint density at radius 1 is 1.39 bits per heavy atom. The standard InChI is InChI=1S/C16H22O2/c1-4-13(3)18-16(17)15(5-2)12-11-14-9-7-6-8-10-14/h5-10,13,15H,2,4,11-12H2,1,3H3. The third-order valence-corrected chi connectivity index (χ3v) is 3.07. The fraction of sp³-hybridized carbons (Fsp3) is 0.438. The average Bonchev–Trinajstić information content (AvgIpc) is 2.40. The molecule has 0 radical (unpaired) electrons. The lowest BCUT2D eigenvalue weighted by Crippen LogP contribution is -2.21. The summed E-state index contributed by atoms with van der Waals surface area (Å²) in [5.41, 5.74) is 1.24. The molecule has 0 saturated heterocycles. The number of aryl methyl sites for hydroxylation is 1. The van der Waals surface area contributed by atoms with Gasteiger partial charge in [-0.05, 0) is 31.7 Å². The SMILES string of the molecule is C=CC(CCc1ccccc1)C(=O)OC(C)CC. The highest BCUT2D eigenvalue weighted by Gasteiger charge is 2.18. The monoisotopic (exact) mass is 246 g/mol. The smallest absolute Gasteiger partial charge is 0.313 e. The third kappa shape index (κ3) is 4.74. The summed E-state index contributed by atoms with van der Waals surface area (Å²) in [6.07, 6.45) is 4.13. The third-order valence-electron chi connectivity index (χ3n) is 3.07. The molecule has 0 amide bonds. The Morgan fingerprint density at radius 2 is 2.06 bits per heavy atom. The van der Waals surface area contributed by atoms with E-state index in [1.807, 2.05) is 32.0 Å². The van der Waals surface area contributed by atoms with Crippen molar-refractivity contribution in [2.45, 2.75) is 39.2 Å². The van der Waals surface area contributed by atoms with Gasteiger partial charge in [0, 0.05) is 0 Å². The molecule has 0 heterocycles. The molecule has 18 heavy (non-hydrogen) atoms. The van der Waals surface area contributed by atoms with Crippen LogP contribution in [0, 0.1) is 5.92 Å². The topological polar surface area (TPSA) is 26.3 Å². The Hall–Kier alpha value is -1.57. The maximum atomic E-state index is 11.9. The van der Waals surface area contributed by atoms with Crippen LogP contribution in [0.2, 0.25) is 0 Å². The Labute approximate surface area is 110 Å². The Kier molecular flexibility index (Phi) is 6.20. The molecule has 1 rings (SSSR count). The molecule has 0 bridgehead atoms. The average molecular weight is 246 g/mol. The molecule has 1 aromatic rings. The largest absolute Gasteiger partial charge is 0.462 e. The summed E-state index contributed by atoms with van der Waals surface area (Å²) in [7, 11) is 0. The fourth-order valence-electron chi connectivity index (χ4n) is 1.67. The Morgan fingerprint density at radius 3 is 2.61 bits per heavy atom. The van der Waals surface area contributed by atoms with Crippen molar-refractivity contribution < 1.29 is 9.53 Å². The van der Waals surface area contributed by atoms with Gasteiger partial charge in [0.1, 0.15) is 0 Å². The van der Waals surface area contributed by atoms with Gasteiger partial charge in [-0.25, -0.2) is 0 Å². The van der Waals surface area contributed by atoms with Gasteiger partial charge < -0.3 is 4.74 Å². The molecule has 1 aromatic carbocycles. The first-order valence-electron chi connectivity index (χ1n) is 6.54. The first-order chi connectivity index (χ1) is 8.67. The molecule has 2 heteroatoms. The molecular formula is C16H22O2. The molecule has 2 atom stereocenters. The Bertz CT molecular complexity index is 370. The second-order valence-electron chi connectivity index (χ2n) is 4.52. The molecule has 0 saturated carbocycles. The lowest BCUT2D eigenvalue weighted by atomic mass is 9.99. The van der Waals surface area contributed by atoms with Crippen LogP contribution in [0.25, 0.3) is 0 Å². The highest BCUT2D eigenvalue weighted by molar-refractivity contribution is 5.74. The fourth-order valence-corrected chi connectivity index (χ4v) is 1.67. The van der Waals surface area contributed by atoms with E-state index in [1.165, 1.54) is 5.56 Å². The van der Waals surface area contributed by atoms with E-state index in [-0.39, 0.29) is 18.0 Å². The maximum Gasteiger partial charge on any atom is 0.313 e. The van der Waals surface area contributed by atoms with Gasteiger partial charge in [-0.3, -0.25) is 4.79 Å². The van der Waals surface area contributed by atoms with Crippen LogP contribution >= 0.6 is 0 Å². The van der Waals surface area contributed by atoms with Crippen molar-refractivity contribution in [3.63, 3.8) is 0 Å². The lowest BCUT2D eigenvalue weighted by Gasteiger charge is -2.16. The summed E-state index contributed by atoms with van der Waals surface area (Å²) in [5.74, 6) is -0.366. The molecule has 2 nitrogen and oxygen atoms in total. The number of carbonyl (C=O) groups excluding carboxylic acids is 1. The van der Waals surface area contributed by atoms with Crippen molar-refractivity contribution in [2.75, 3.05) is 0 Å². The molecular weight excluding hydrogens is 224 g/mol. The summed E-state index contributed by atoms with van der Waals surface area (Å²) in [5, 5.41) is 0. The van der Waals surface area contributed by atoms with Crippen LogP contribution < -0.4 is 0 Å². The van der Waals surface area contributed by atoms with Crippen LogP contribution in [0.5, 0.6) is 0 Å². The van der Waals surface area contributed by atoms with Crippen molar-refractivity contribution >= 4 is 5.97 Å². The van der Waals surface area contributed by atoms with E-state index in [9.17, 15) is 4.79 Å². The van der Waals surface area contributed by atoms with E-state index in [2.05, 4.69) is 18.7 Å². The second kappa shape index (κ2) is 7.70. The zero-order valence-electron chi connectivity index (χ0n) is 11.3. The van der Waals surface area contributed by atoms with E-state index in [1.54, 1.807) is 6.08 Å². The minimum atomic E-state index is -0.209. The summed E-state index contributed by atoms with van der Waals surface area (Å²) < 4.78 is 5.33. The summed E-state index contributed by atoms with van der Waals surface area (Å²) in [6.45, 7) is 7.64. The lowest BCUT2D eigenvalue weighted by molar-refractivity contribution is -0.151. The molecule has 98 valence electrons. The van der Waals surface area contributed by atoms with Crippen molar-refractivity contribution in [3.05, 3.63) is 48.6 Å². The number of rotatable bonds is 7. The van der Waals surface area contributed by atoms with E-state index in [4.69, 9.17) is 4.74 Å². The number of esters is 1. The number of hydrogen-bond acceptors (Lipinski definition) is 2. The van der Waals surface area contributed by atoms with Crippen LogP contribution in [-0.4, -0.2) is 12.1 Å². The highest BCUT2D eigenvalue weighted by atomic mass is 16.5. The predicted molar refractivity (Wildman–Crippen MR) is 74.3 cm³/mol. The summed E-state index contributed by atoms with van der Waals surface area (Å²) >= 11 is 0. The second-order valence-corrected chi connectivity index (χ2v) is 4.52. The minimum absolute atomic E-state index is 0.0170. The highest BCUT2D eigenvalue weighted by Crippen LogP contribution is 2.14. The normalized spacial score (nSPS) is 13.7. The van der Waals surface area contributed by atoms with E-state index >= 15 is 0 Å². The molecule has 0 aliphatic heterocycles. The first kappa shape index (κ1) is 14.5. The molecule has 0 aliphatic carbocycles. The Balaban J connectivity index is 2.47. The molecule has 0 N–H and O–H groups in total. The number of ether oxygens (including phenoxy) is 1. The summed E-state index contributed by atoms with van der Waals surface area (Å²) in [4.78, 5) is 11.9. The van der Waals surface area contributed by atoms with Gasteiger partial charge in [-0.15, -0.1) is 6.58 Å². The van der Waals surface area contributed by atoms with Gasteiger partial charge in [-0.1, -0.05) is 43.3 Å². The zero-order valence-corrected chi connectivity index (χ0v) is 11.3. The van der Waals surface area contributed by atoms with Crippen molar-refractivity contribution in [3.8, 4) is 0 Å². The molecule has 0 spiro atoms. The quantitative estimate of drug-likeness (QED) is 0.541. The van der Waals surface area contributed by atoms with Gasteiger partial charge in [-0.2, -0.15) is 0 Å². The predicted octanol–water partition coefficient (Wildman–Crippen LogP) is 3.76. The number of benzene rings is 1. The van der Waals surface area contributed by atoms with Gasteiger partial charge in [0.25, 0.3) is 0 Å². The van der Waals surface area contributed by atoms with Crippen molar-refractivity contribution in [1.82, 2.24) is 0 Å². The zero-order chi connectivity index (χ0) is 13.4. The van der Waals surface area contributed by atoms with Crippen LogP contribution in [0.1, 0.15) is 32.3 Å². The molecule has 0 aromatic heterocycles. The first-order valence-corrected chi connectivity index (χ1v) is 6.54. The number of hydrogen-bond donors (Lipinski definition) is 0. The van der Waals surface area contributed by atoms with Gasteiger partial charge in [0.05, 0.1) is 12.0 Å². The minimum Gasteiger partial charge on any atom is -0.462 e. The van der Waals surface area contributed by atoms with Crippen LogP contribution in [0.3, 0.4) is 0 Å². The van der Waals surface area contributed by atoms with E-state index in [0.29, 0.717) is 0 Å². The maximum absolute atomic E-state index is 11.9. The van der Waals surface area contributed by atoms with Crippen LogP contribution in [0.15, 0.2) is 43.0 Å². The molecule has 2 unspecified atom stereocenters. The van der Waals surface area contributed by atoms with E-state index < -0.39 is 0 Å². The van der Waals surface area contributed by atoms with Gasteiger partial charge in [0.15, 0.2) is 0 Å². The van der Waals surface area contributed by atoms with E-state index in [0.717, 1.165) is 19.3 Å². The molecule has 0 aliphatic rings. The van der Waals surface area contributed by atoms with Crippen molar-refractivity contribution in [1.29, 1.82) is 0 Å². The molecule has 0 fully saturated rings. The van der Waals surface area contributed by atoms with Gasteiger partial charge >= 0.3 is 5.97 Å². The van der Waals surface area contributed by atoms with Crippen LogP contribution in [0.4, 0.5) is 0 Å².